The highest BCUT2D eigenvalue weighted by Gasteiger charge is 2.37. The number of aryl methyl sites for hydroxylation is 3. The molecule has 28 heavy (non-hydrogen) atoms. The van der Waals surface area contributed by atoms with E-state index < -0.39 is 5.25 Å². The first-order valence-electron chi connectivity index (χ1n) is 9.36. The Labute approximate surface area is 170 Å². The van der Waals surface area contributed by atoms with Gasteiger partial charge in [-0.05, 0) is 49.6 Å². The Morgan fingerprint density at radius 1 is 1.18 bits per heavy atom. The minimum absolute atomic E-state index is 0.0929. The van der Waals surface area contributed by atoms with Gasteiger partial charge in [-0.2, -0.15) is 0 Å². The number of thioether (sulfide) groups is 1. The Balaban J connectivity index is 1.67. The fraction of sp³-hybridized carbons (Fsp3) is 0.318. The Kier molecular flexibility index (Phi) is 6.19. The number of hydrogen-bond acceptors (Lipinski definition) is 4. The van der Waals surface area contributed by atoms with Gasteiger partial charge in [-0.25, -0.2) is 4.99 Å². The number of carbonyl (C=O) groups excluding carboxylic acids is 2. The standard InChI is InChI=1S/C22H25N3O2S/c1-5-16-7-9-17(10-8-16)23-22-25(4)21(27)19(28-22)13-20(26)24-18-11-6-14(2)12-15(18)3/h6-12,19H,5,13H2,1-4H3,(H,24,26). The van der Waals surface area contributed by atoms with Gasteiger partial charge in [0.2, 0.25) is 11.8 Å². The summed E-state index contributed by atoms with van der Waals surface area (Å²) < 4.78 is 0. The van der Waals surface area contributed by atoms with Gasteiger partial charge in [0.05, 0.1) is 5.69 Å². The van der Waals surface area contributed by atoms with Gasteiger partial charge in [-0.1, -0.05) is 48.5 Å². The van der Waals surface area contributed by atoms with Crippen molar-refractivity contribution in [2.24, 2.45) is 4.99 Å². The molecule has 1 N–H and O–H groups in total. The van der Waals surface area contributed by atoms with Crippen LogP contribution in [0.4, 0.5) is 11.4 Å². The lowest BCUT2D eigenvalue weighted by Gasteiger charge is -2.11. The van der Waals surface area contributed by atoms with Gasteiger partial charge in [0, 0.05) is 19.2 Å². The molecule has 0 spiro atoms. The van der Waals surface area contributed by atoms with E-state index in [1.807, 2.05) is 56.3 Å². The summed E-state index contributed by atoms with van der Waals surface area (Å²) in [5.41, 5.74) is 4.98. The molecule has 1 aliphatic heterocycles. The summed E-state index contributed by atoms with van der Waals surface area (Å²) in [5, 5.41) is 3.08. The molecule has 5 nitrogen and oxygen atoms in total. The first-order chi connectivity index (χ1) is 13.4. The third-order valence-electron chi connectivity index (χ3n) is 4.74. The second kappa shape index (κ2) is 8.61. The molecule has 1 saturated heterocycles. The topological polar surface area (TPSA) is 61.8 Å². The van der Waals surface area contributed by atoms with Crippen LogP contribution in [-0.4, -0.2) is 34.2 Å². The van der Waals surface area contributed by atoms with Crippen LogP contribution in [0.1, 0.15) is 30.0 Å². The number of amidine groups is 1. The number of nitrogens with one attached hydrogen (secondary N) is 1. The quantitative estimate of drug-likeness (QED) is 0.813. The van der Waals surface area contributed by atoms with E-state index in [2.05, 4.69) is 17.2 Å². The Morgan fingerprint density at radius 3 is 2.54 bits per heavy atom. The molecule has 0 saturated carbocycles. The summed E-state index contributed by atoms with van der Waals surface area (Å²) >= 11 is 1.34. The lowest BCUT2D eigenvalue weighted by atomic mass is 10.1. The van der Waals surface area contributed by atoms with Crippen molar-refractivity contribution in [1.82, 2.24) is 4.90 Å². The average molecular weight is 396 g/mol. The van der Waals surface area contributed by atoms with Crippen LogP contribution in [0.2, 0.25) is 0 Å². The predicted molar refractivity (Wildman–Crippen MR) is 116 cm³/mol. The number of nitrogens with zero attached hydrogens (tertiary/aromatic N) is 2. The zero-order valence-corrected chi connectivity index (χ0v) is 17.5. The molecule has 2 amide bonds. The number of rotatable bonds is 5. The highest BCUT2D eigenvalue weighted by molar-refractivity contribution is 8.15. The van der Waals surface area contributed by atoms with Crippen molar-refractivity contribution in [3.63, 3.8) is 0 Å². The maximum atomic E-state index is 12.6. The van der Waals surface area contributed by atoms with Crippen LogP contribution in [0.3, 0.4) is 0 Å². The smallest absolute Gasteiger partial charge is 0.242 e. The van der Waals surface area contributed by atoms with Crippen LogP contribution in [0.15, 0.2) is 47.5 Å². The number of amides is 2. The van der Waals surface area contributed by atoms with Crippen molar-refractivity contribution < 1.29 is 9.59 Å². The summed E-state index contributed by atoms with van der Waals surface area (Å²) in [5.74, 6) is -0.260. The molecule has 0 aliphatic carbocycles. The van der Waals surface area contributed by atoms with E-state index in [-0.39, 0.29) is 18.2 Å². The van der Waals surface area contributed by atoms with E-state index in [0.29, 0.717) is 5.17 Å². The molecule has 3 rings (SSSR count). The van der Waals surface area contributed by atoms with E-state index in [4.69, 9.17) is 0 Å². The van der Waals surface area contributed by atoms with Crippen LogP contribution in [-0.2, 0) is 16.0 Å². The molecule has 0 radical (unpaired) electrons. The zero-order chi connectivity index (χ0) is 20.3. The molecule has 2 aromatic rings. The third kappa shape index (κ3) is 4.62. The summed E-state index contributed by atoms with van der Waals surface area (Å²) in [6.07, 6.45) is 1.09. The number of carbonyl (C=O) groups is 2. The minimum Gasteiger partial charge on any atom is -0.326 e. The number of hydrogen-bond donors (Lipinski definition) is 1. The molecule has 1 fully saturated rings. The van der Waals surface area contributed by atoms with E-state index in [1.54, 1.807) is 7.05 Å². The average Bonchev–Trinajstić information content (AvgIpc) is 2.92. The molecular weight excluding hydrogens is 370 g/mol. The fourth-order valence-corrected chi connectivity index (χ4v) is 4.19. The molecule has 1 atom stereocenters. The molecule has 1 aliphatic rings. The number of benzene rings is 2. The van der Waals surface area contributed by atoms with Crippen LogP contribution in [0, 0.1) is 13.8 Å². The molecule has 1 heterocycles. The Morgan fingerprint density at radius 2 is 1.89 bits per heavy atom. The number of aliphatic imine (C=N–C) groups is 1. The lowest BCUT2D eigenvalue weighted by molar-refractivity contribution is -0.127. The van der Waals surface area contributed by atoms with Crippen LogP contribution < -0.4 is 5.32 Å². The highest BCUT2D eigenvalue weighted by atomic mass is 32.2. The van der Waals surface area contributed by atoms with Crippen molar-refractivity contribution in [2.75, 3.05) is 12.4 Å². The third-order valence-corrected chi connectivity index (χ3v) is 5.97. The second-order valence-electron chi connectivity index (χ2n) is 6.99. The Hall–Kier alpha value is -2.60. The van der Waals surface area contributed by atoms with Gasteiger partial charge in [-0.15, -0.1) is 0 Å². The molecule has 0 bridgehead atoms. The molecule has 146 valence electrons. The summed E-state index contributed by atoms with van der Waals surface area (Å²) in [6.45, 7) is 6.08. The number of anilines is 1. The minimum atomic E-state index is -0.454. The van der Waals surface area contributed by atoms with Crippen LogP contribution in [0.25, 0.3) is 0 Å². The van der Waals surface area contributed by atoms with Crippen LogP contribution >= 0.6 is 11.8 Å². The SMILES string of the molecule is CCc1ccc(N=C2SC(CC(=O)Nc3ccc(C)cc3C)C(=O)N2C)cc1. The van der Waals surface area contributed by atoms with Gasteiger partial charge in [0.15, 0.2) is 5.17 Å². The molecule has 6 heteroatoms. The monoisotopic (exact) mass is 395 g/mol. The van der Waals surface area contributed by atoms with E-state index in [9.17, 15) is 9.59 Å². The lowest BCUT2D eigenvalue weighted by Crippen LogP contribution is -2.30. The van der Waals surface area contributed by atoms with Crippen molar-refractivity contribution in [2.45, 2.75) is 38.9 Å². The van der Waals surface area contributed by atoms with Crippen molar-refractivity contribution >= 4 is 40.1 Å². The second-order valence-corrected chi connectivity index (χ2v) is 8.16. The molecule has 0 aromatic heterocycles. The van der Waals surface area contributed by atoms with Crippen molar-refractivity contribution in [3.8, 4) is 0 Å². The van der Waals surface area contributed by atoms with Crippen LogP contribution in [0.5, 0.6) is 0 Å². The maximum Gasteiger partial charge on any atom is 0.242 e. The van der Waals surface area contributed by atoms with Gasteiger partial charge in [0.25, 0.3) is 0 Å². The summed E-state index contributed by atoms with van der Waals surface area (Å²) in [4.78, 5) is 31.1. The summed E-state index contributed by atoms with van der Waals surface area (Å²) in [7, 11) is 1.70. The first-order valence-corrected chi connectivity index (χ1v) is 10.2. The van der Waals surface area contributed by atoms with Gasteiger partial charge >= 0.3 is 0 Å². The van der Waals surface area contributed by atoms with E-state index in [1.165, 1.54) is 22.2 Å². The largest absolute Gasteiger partial charge is 0.326 e. The maximum absolute atomic E-state index is 12.6. The Bertz CT molecular complexity index is 922. The van der Waals surface area contributed by atoms with Crippen molar-refractivity contribution in [3.05, 3.63) is 59.2 Å². The van der Waals surface area contributed by atoms with Gasteiger partial charge < -0.3 is 5.32 Å². The molecular formula is C22H25N3O2S. The normalized spacial score (nSPS) is 18.0. The van der Waals surface area contributed by atoms with E-state index in [0.717, 1.165) is 28.9 Å². The molecule has 2 aromatic carbocycles. The predicted octanol–water partition coefficient (Wildman–Crippen LogP) is 4.46. The van der Waals surface area contributed by atoms with Crippen molar-refractivity contribution in [1.29, 1.82) is 0 Å². The van der Waals surface area contributed by atoms with Gasteiger partial charge in [0.1, 0.15) is 5.25 Å². The fourth-order valence-electron chi connectivity index (χ4n) is 3.04. The molecule has 1 unspecified atom stereocenters. The van der Waals surface area contributed by atoms with E-state index >= 15 is 0 Å². The first kappa shape index (κ1) is 20.1. The summed E-state index contributed by atoms with van der Waals surface area (Å²) in [6, 6.07) is 13.8. The highest BCUT2D eigenvalue weighted by Crippen LogP contribution is 2.31. The van der Waals surface area contributed by atoms with Gasteiger partial charge in [-0.3, -0.25) is 14.5 Å². The zero-order valence-electron chi connectivity index (χ0n) is 16.7.